The van der Waals surface area contributed by atoms with E-state index >= 15 is 0 Å². The number of urea groups is 1. The molecule has 3 aromatic rings. The highest BCUT2D eigenvalue weighted by molar-refractivity contribution is 6.07. The Bertz CT molecular complexity index is 1100. The summed E-state index contributed by atoms with van der Waals surface area (Å²) in [5.74, 6) is 0.502. The number of rotatable bonds is 4. The first-order chi connectivity index (χ1) is 13.2. The number of carbonyl (C=O) groups is 2. The number of amides is 3. The lowest BCUT2D eigenvalue weighted by molar-refractivity contribution is -0.131. The van der Waals surface area contributed by atoms with Gasteiger partial charge in [-0.3, -0.25) is 14.3 Å². The second-order valence-electron chi connectivity index (χ2n) is 6.94. The molecule has 3 heterocycles. The van der Waals surface area contributed by atoms with Crippen molar-refractivity contribution in [1.29, 1.82) is 0 Å². The van der Waals surface area contributed by atoms with Crippen LogP contribution in [0, 0.1) is 13.8 Å². The van der Waals surface area contributed by atoms with E-state index in [0.717, 1.165) is 9.47 Å². The molecule has 1 aliphatic heterocycles. The summed E-state index contributed by atoms with van der Waals surface area (Å²) in [5, 5.41) is 2.66. The fraction of sp³-hybridized carbons (Fsp3) is 0.316. The van der Waals surface area contributed by atoms with E-state index in [-0.39, 0.29) is 17.9 Å². The molecule has 0 saturated carbocycles. The summed E-state index contributed by atoms with van der Waals surface area (Å²) in [5.41, 5.74) is -0.189. The van der Waals surface area contributed by atoms with Crippen LogP contribution < -0.4 is 5.32 Å². The summed E-state index contributed by atoms with van der Waals surface area (Å²) >= 11 is 0. The third kappa shape index (κ3) is 2.57. The molecule has 0 unspecified atom stereocenters. The van der Waals surface area contributed by atoms with Crippen molar-refractivity contribution in [2.45, 2.75) is 39.4 Å². The minimum atomic E-state index is -2.85. The van der Waals surface area contributed by atoms with Crippen LogP contribution in [0.2, 0.25) is 0 Å². The first-order valence-electron chi connectivity index (χ1n) is 8.68. The van der Waals surface area contributed by atoms with E-state index in [9.17, 15) is 18.4 Å². The van der Waals surface area contributed by atoms with Crippen LogP contribution in [0.3, 0.4) is 0 Å². The SMILES string of the molecule is Cc1cc([C@@]2(C)NC(=O)N(Cc3nc4ccccc4n3C(F)F)C2=O)c(C)o1. The number of hydrogen-bond donors (Lipinski definition) is 1. The van der Waals surface area contributed by atoms with Crippen molar-refractivity contribution in [1.82, 2.24) is 19.8 Å². The first kappa shape index (κ1) is 18.1. The molecule has 4 rings (SSSR count). The molecule has 2 aromatic heterocycles. The number of halogens is 2. The maximum atomic E-state index is 13.6. The Labute approximate surface area is 158 Å². The molecule has 0 spiro atoms. The van der Waals surface area contributed by atoms with Gasteiger partial charge in [0.25, 0.3) is 5.91 Å². The van der Waals surface area contributed by atoms with Crippen molar-refractivity contribution in [3.8, 4) is 0 Å². The molecule has 0 bridgehead atoms. The fourth-order valence-electron chi connectivity index (χ4n) is 3.72. The van der Waals surface area contributed by atoms with E-state index in [2.05, 4.69) is 10.3 Å². The zero-order chi connectivity index (χ0) is 20.2. The average Bonchev–Trinajstić information content (AvgIpc) is 3.23. The number of carbonyl (C=O) groups excluding carboxylic acids is 2. The Balaban J connectivity index is 1.73. The van der Waals surface area contributed by atoms with Gasteiger partial charge in [0.05, 0.1) is 17.6 Å². The van der Waals surface area contributed by atoms with E-state index in [1.165, 1.54) is 6.07 Å². The molecule has 1 fully saturated rings. The number of aryl methyl sites for hydroxylation is 2. The van der Waals surface area contributed by atoms with Gasteiger partial charge in [0, 0.05) is 5.56 Å². The third-order valence-corrected chi connectivity index (χ3v) is 5.02. The predicted octanol–water partition coefficient (Wildman–Crippen LogP) is 3.61. The van der Waals surface area contributed by atoms with Gasteiger partial charge < -0.3 is 9.73 Å². The monoisotopic (exact) mass is 388 g/mol. The van der Waals surface area contributed by atoms with Crippen molar-refractivity contribution >= 4 is 23.0 Å². The molecule has 7 nitrogen and oxygen atoms in total. The van der Waals surface area contributed by atoms with Gasteiger partial charge in [-0.25, -0.2) is 9.78 Å². The summed E-state index contributed by atoms with van der Waals surface area (Å²) in [7, 11) is 0. The molecule has 1 aromatic carbocycles. The molecule has 0 radical (unpaired) electrons. The van der Waals surface area contributed by atoms with Gasteiger partial charge in [0.15, 0.2) is 0 Å². The van der Waals surface area contributed by atoms with Crippen LogP contribution in [0.15, 0.2) is 34.7 Å². The van der Waals surface area contributed by atoms with Crippen molar-refractivity contribution in [3.63, 3.8) is 0 Å². The zero-order valence-electron chi connectivity index (χ0n) is 15.5. The summed E-state index contributed by atoms with van der Waals surface area (Å²) in [4.78, 5) is 30.7. The topological polar surface area (TPSA) is 80.4 Å². The van der Waals surface area contributed by atoms with Gasteiger partial charge in [0.1, 0.15) is 22.9 Å². The van der Waals surface area contributed by atoms with Crippen molar-refractivity contribution in [3.05, 3.63) is 53.2 Å². The molecular weight excluding hydrogens is 370 g/mol. The van der Waals surface area contributed by atoms with E-state index in [1.807, 2.05) is 0 Å². The van der Waals surface area contributed by atoms with Crippen LogP contribution >= 0.6 is 0 Å². The number of nitrogens with one attached hydrogen (secondary N) is 1. The molecular formula is C19H18F2N4O3. The lowest BCUT2D eigenvalue weighted by atomic mass is 9.92. The smallest absolute Gasteiger partial charge is 0.325 e. The van der Waals surface area contributed by atoms with E-state index in [0.29, 0.717) is 22.6 Å². The standard InChI is InChI=1S/C19H18F2N4O3/c1-10-8-12(11(2)28-10)19(3)16(26)24(18(27)23-19)9-15-22-13-6-4-5-7-14(13)25(15)17(20)21/h4-8,17H,9H2,1-3H3,(H,23,27)/t19-/m1/s1. The largest absolute Gasteiger partial charge is 0.466 e. The highest BCUT2D eigenvalue weighted by Gasteiger charge is 2.51. The van der Waals surface area contributed by atoms with Gasteiger partial charge in [-0.1, -0.05) is 12.1 Å². The Kier molecular flexibility index (Phi) is 3.99. The van der Waals surface area contributed by atoms with Crippen LogP contribution in [0.4, 0.5) is 13.6 Å². The number of furan rings is 1. The van der Waals surface area contributed by atoms with Gasteiger partial charge in [-0.05, 0) is 39.0 Å². The van der Waals surface area contributed by atoms with Crippen molar-refractivity contribution in [2.24, 2.45) is 0 Å². The predicted molar refractivity (Wildman–Crippen MR) is 95.6 cm³/mol. The van der Waals surface area contributed by atoms with Crippen LogP contribution in [0.25, 0.3) is 11.0 Å². The molecule has 1 N–H and O–H groups in total. The summed E-state index contributed by atoms with van der Waals surface area (Å²) in [6.45, 7) is 1.79. The van der Waals surface area contributed by atoms with Crippen LogP contribution in [-0.2, 0) is 16.9 Å². The second-order valence-corrected chi connectivity index (χ2v) is 6.94. The minimum absolute atomic E-state index is 0.0657. The Morgan fingerprint density at radius 2 is 1.96 bits per heavy atom. The van der Waals surface area contributed by atoms with E-state index in [1.54, 1.807) is 45.0 Å². The molecule has 9 heteroatoms. The number of aromatic nitrogens is 2. The molecule has 28 heavy (non-hydrogen) atoms. The maximum absolute atomic E-state index is 13.6. The number of hydrogen-bond acceptors (Lipinski definition) is 4. The second kappa shape index (κ2) is 6.15. The number of imide groups is 1. The molecule has 3 amide bonds. The molecule has 0 aliphatic carbocycles. The van der Waals surface area contributed by atoms with E-state index < -0.39 is 24.0 Å². The number of benzene rings is 1. The van der Waals surface area contributed by atoms with Crippen molar-refractivity contribution < 1.29 is 22.8 Å². The maximum Gasteiger partial charge on any atom is 0.325 e. The first-order valence-corrected chi connectivity index (χ1v) is 8.68. The van der Waals surface area contributed by atoms with Gasteiger partial charge >= 0.3 is 12.6 Å². The van der Waals surface area contributed by atoms with Gasteiger partial charge in [0.2, 0.25) is 0 Å². The Morgan fingerprint density at radius 1 is 1.25 bits per heavy atom. The normalized spacial score (nSPS) is 19.9. The highest BCUT2D eigenvalue weighted by atomic mass is 19.3. The number of para-hydroxylation sites is 2. The third-order valence-electron chi connectivity index (χ3n) is 5.02. The van der Waals surface area contributed by atoms with Gasteiger partial charge in [-0.2, -0.15) is 8.78 Å². The van der Waals surface area contributed by atoms with Crippen molar-refractivity contribution in [2.75, 3.05) is 0 Å². The summed E-state index contributed by atoms with van der Waals surface area (Å²) in [6, 6.07) is 7.45. The average molecular weight is 388 g/mol. The molecule has 1 saturated heterocycles. The van der Waals surface area contributed by atoms with Crippen LogP contribution in [0.1, 0.15) is 36.4 Å². The molecule has 1 atom stereocenters. The fourth-order valence-corrected chi connectivity index (χ4v) is 3.72. The lowest BCUT2D eigenvalue weighted by Gasteiger charge is -2.21. The Hall–Kier alpha value is -3.23. The quantitative estimate of drug-likeness (QED) is 0.693. The minimum Gasteiger partial charge on any atom is -0.466 e. The van der Waals surface area contributed by atoms with E-state index in [4.69, 9.17) is 4.42 Å². The zero-order valence-corrected chi connectivity index (χ0v) is 15.5. The number of alkyl halides is 2. The van der Waals surface area contributed by atoms with Crippen LogP contribution in [-0.4, -0.2) is 26.4 Å². The van der Waals surface area contributed by atoms with Gasteiger partial charge in [-0.15, -0.1) is 0 Å². The molecule has 146 valence electrons. The lowest BCUT2D eigenvalue weighted by Crippen LogP contribution is -2.41. The number of nitrogens with zero attached hydrogens (tertiary/aromatic N) is 3. The highest BCUT2D eigenvalue weighted by Crippen LogP contribution is 2.34. The Morgan fingerprint density at radius 3 is 2.61 bits per heavy atom. The summed E-state index contributed by atoms with van der Waals surface area (Å²) < 4.78 is 33.5. The number of imidazole rings is 1. The summed E-state index contributed by atoms with van der Waals surface area (Å²) in [6.07, 6.45) is 0. The van der Waals surface area contributed by atoms with Crippen LogP contribution in [0.5, 0.6) is 0 Å². The molecule has 1 aliphatic rings. The number of fused-ring (bicyclic) bond motifs is 1.